The van der Waals surface area contributed by atoms with Crippen molar-refractivity contribution < 1.29 is 104 Å². The van der Waals surface area contributed by atoms with E-state index in [-0.39, 0.29) is 16.9 Å². The normalized spacial score (nSPS) is 16.0. The van der Waals surface area contributed by atoms with E-state index in [0.717, 1.165) is 6.08 Å². The SMILES string of the molecule is CO[C@H](/C(C)=C/C(=O)NO)[C@H](O)c1ccc(OCCO[Si](CCC(F)(F)C(F)(F)C(F)(F)C(F)(F)C(F)(F)C(F)(F)C(F)(F)C(F)(F)F)(C(C)C)C(C)C)cc1. The van der Waals surface area contributed by atoms with Gasteiger partial charge < -0.3 is 19.0 Å². The lowest BCUT2D eigenvalue weighted by Crippen LogP contribution is -2.74. The maximum Gasteiger partial charge on any atom is 0.460 e. The van der Waals surface area contributed by atoms with Crippen molar-refractivity contribution in [2.75, 3.05) is 20.3 Å². The first-order valence-electron chi connectivity index (χ1n) is 15.9. The predicted molar refractivity (Wildman–Crippen MR) is 163 cm³/mol. The number of nitrogens with one attached hydrogen (secondary N) is 1. The van der Waals surface area contributed by atoms with Gasteiger partial charge in [0.15, 0.2) is 8.32 Å². The number of benzene rings is 1. The fraction of sp³-hybridized carbons (Fsp3) is 0.710. The van der Waals surface area contributed by atoms with Crippen LogP contribution in [-0.2, 0) is 14.0 Å². The van der Waals surface area contributed by atoms with E-state index >= 15 is 0 Å². The van der Waals surface area contributed by atoms with Crippen molar-refractivity contribution >= 4 is 14.2 Å². The van der Waals surface area contributed by atoms with E-state index in [0.29, 0.717) is 0 Å². The molecule has 7 nitrogen and oxygen atoms in total. The summed E-state index contributed by atoms with van der Waals surface area (Å²) in [4.78, 5) is 11.4. The first kappa shape index (κ1) is 51.1. The molecule has 56 heavy (non-hydrogen) atoms. The molecule has 0 unspecified atom stereocenters. The number of hydrogen-bond donors (Lipinski definition) is 3. The van der Waals surface area contributed by atoms with Crippen LogP contribution in [0.5, 0.6) is 5.75 Å². The van der Waals surface area contributed by atoms with Gasteiger partial charge in [-0.1, -0.05) is 39.8 Å². The summed E-state index contributed by atoms with van der Waals surface area (Å²) in [6.45, 7) is 5.70. The van der Waals surface area contributed by atoms with Crippen LogP contribution in [0.2, 0.25) is 17.1 Å². The quantitative estimate of drug-likeness (QED) is 0.0285. The lowest BCUT2D eigenvalue weighted by molar-refractivity contribution is -0.461. The number of rotatable bonds is 21. The molecular weight excluding hydrogens is 833 g/mol. The van der Waals surface area contributed by atoms with E-state index < -0.39 is 111 Å². The fourth-order valence-electron chi connectivity index (χ4n) is 5.57. The zero-order valence-electron chi connectivity index (χ0n) is 30.0. The van der Waals surface area contributed by atoms with Crippen molar-refractivity contribution in [1.82, 2.24) is 5.48 Å². The second-order valence-electron chi connectivity index (χ2n) is 13.1. The van der Waals surface area contributed by atoms with E-state index in [4.69, 9.17) is 19.1 Å². The summed E-state index contributed by atoms with van der Waals surface area (Å²) in [5.41, 5.74) is 0.0589. The highest BCUT2D eigenvalue weighted by Gasteiger charge is 2.95. The third-order valence-corrected chi connectivity index (χ3v) is 14.7. The van der Waals surface area contributed by atoms with Crippen LogP contribution in [0, 0.1) is 0 Å². The molecule has 1 aromatic carbocycles. The van der Waals surface area contributed by atoms with Gasteiger partial charge in [0.2, 0.25) is 0 Å². The molecule has 1 amide bonds. The van der Waals surface area contributed by atoms with Crippen molar-refractivity contribution in [3.63, 3.8) is 0 Å². The molecule has 0 fully saturated rings. The van der Waals surface area contributed by atoms with Crippen LogP contribution in [0.4, 0.5) is 74.6 Å². The molecule has 1 rings (SSSR count). The summed E-state index contributed by atoms with van der Waals surface area (Å²) in [5.74, 6) is -57.6. The molecule has 3 N–H and O–H groups in total. The largest absolute Gasteiger partial charge is 0.491 e. The van der Waals surface area contributed by atoms with Crippen LogP contribution in [-0.4, -0.2) is 98.6 Å². The molecule has 0 saturated carbocycles. The second-order valence-corrected chi connectivity index (χ2v) is 18.2. The minimum atomic E-state index is -8.69. The molecule has 25 heteroatoms. The van der Waals surface area contributed by atoms with E-state index in [1.54, 1.807) is 0 Å². The Labute approximate surface area is 309 Å². The standard InChI is InChI=1S/C31H38F17NO6Si/c1-16(2)56(17(3)4,55-13-12-54-20-9-7-19(8-10-20)22(51)23(53-6)18(5)15-21(50)49-52)14-11-24(32,33)25(34,35)26(36,37)27(38,39)28(40,41)29(42,43)30(44,45)31(46,47)48/h7-10,15-17,22-23,51-52H,11-14H2,1-6H3,(H,49,50)/b18-15+/t22-,23-/m1/s1. The predicted octanol–water partition coefficient (Wildman–Crippen LogP) is 9.75. The first-order valence-corrected chi connectivity index (χ1v) is 18.2. The van der Waals surface area contributed by atoms with Crippen molar-refractivity contribution in [1.29, 1.82) is 0 Å². The molecule has 0 aliphatic carbocycles. The van der Waals surface area contributed by atoms with Gasteiger partial charge in [0.1, 0.15) is 24.6 Å². The Morgan fingerprint density at radius 1 is 0.732 bits per heavy atom. The second kappa shape index (κ2) is 17.5. The summed E-state index contributed by atoms with van der Waals surface area (Å²) in [6.07, 6.45) is -11.8. The topological polar surface area (TPSA) is 97.3 Å². The number of alkyl halides is 17. The maximum atomic E-state index is 14.8. The minimum Gasteiger partial charge on any atom is -0.491 e. The van der Waals surface area contributed by atoms with Crippen LogP contribution >= 0.6 is 0 Å². The number of aliphatic hydroxyl groups is 1. The molecule has 0 saturated heterocycles. The van der Waals surface area contributed by atoms with E-state index in [1.165, 1.54) is 71.5 Å². The Kier molecular flexibility index (Phi) is 16.0. The zero-order valence-corrected chi connectivity index (χ0v) is 31.0. The fourth-order valence-corrected chi connectivity index (χ4v) is 10.0. The number of methoxy groups -OCH3 is 1. The van der Waals surface area contributed by atoms with Crippen LogP contribution < -0.4 is 10.2 Å². The van der Waals surface area contributed by atoms with Gasteiger partial charge in [-0.2, -0.15) is 74.6 Å². The van der Waals surface area contributed by atoms with Gasteiger partial charge in [0.25, 0.3) is 5.91 Å². The number of hydroxylamine groups is 1. The van der Waals surface area contributed by atoms with E-state index in [9.17, 15) is 84.5 Å². The average Bonchev–Trinajstić information content (AvgIpc) is 3.06. The molecule has 0 bridgehead atoms. The van der Waals surface area contributed by atoms with Crippen molar-refractivity contribution in [2.45, 2.75) is 118 Å². The van der Waals surface area contributed by atoms with Crippen LogP contribution in [0.1, 0.15) is 52.7 Å². The lowest BCUT2D eigenvalue weighted by atomic mass is 9.88. The molecule has 0 radical (unpaired) electrons. The Morgan fingerprint density at radius 3 is 1.55 bits per heavy atom. The van der Waals surface area contributed by atoms with Crippen molar-refractivity contribution in [3.8, 4) is 5.75 Å². The molecular formula is C31H38F17NO6Si. The van der Waals surface area contributed by atoms with Gasteiger partial charge in [-0.05, 0) is 47.3 Å². The molecule has 0 heterocycles. The van der Waals surface area contributed by atoms with Crippen LogP contribution in [0.15, 0.2) is 35.9 Å². The summed E-state index contributed by atoms with van der Waals surface area (Å²) in [7, 11) is -2.75. The highest BCUT2D eigenvalue weighted by molar-refractivity contribution is 6.76. The smallest absolute Gasteiger partial charge is 0.460 e. The number of hydrogen-bond acceptors (Lipinski definition) is 6. The number of aliphatic hydroxyl groups excluding tert-OH is 1. The Bertz CT molecular complexity index is 1480. The van der Waals surface area contributed by atoms with Gasteiger partial charge in [-0.15, -0.1) is 0 Å². The maximum absolute atomic E-state index is 14.8. The molecule has 0 spiro atoms. The summed E-state index contributed by atoms with van der Waals surface area (Å²) >= 11 is 0. The van der Waals surface area contributed by atoms with Gasteiger partial charge in [-0.3, -0.25) is 10.0 Å². The van der Waals surface area contributed by atoms with E-state index in [1.807, 2.05) is 0 Å². The Hall–Kier alpha value is -2.90. The van der Waals surface area contributed by atoms with Gasteiger partial charge in [-0.25, -0.2) is 5.48 Å². The average molecular weight is 872 g/mol. The van der Waals surface area contributed by atoms with Gasteiger partial charge in [0.05, 0.1) is 6.61 Å². The number of ether oxygens (including phenoxy) is 2. The number of carbonyl (C=O) groups excluding carboxylic acids is 1. The zero-order chi connectivity index (χ0) is 44.3. The number of halogens is 17. The van der Waals surface area contributed by atoms with Crippen molar-refractivity contribution in [2.24, 2.45) is 0 Å². The van der Waals surface area contributed by atoms with Gasteiger partial charge in [0, 0.05) is 19.6 Å². The summed E-state index contributed by atoms with van der Waals surface area (Å²) < 4.78 is 250. The lowest BCUT2D eigenvalue weighted by Gasteiger charge is -2.44. The third-order valence-electron chi connectivity index (χ3n) is 8.97. The summed E-state index contributed by atoms with van der Waals surface area (Å²) in [5, 5.41) is 19.4. The monoisotopic (exact) mass is 871 g/mol. The number of amides is 1. The van der Waals surface area contributed by atoms with Crippen LogP contribution in [0.3, 0.4) is 0 Å². The highest BCUT2D eigenvalue weighted by atomic mass is 28.4. The molecule has 2 atom stereocenters. The van der Waals surface area contributed by atoms with Gasteiger partial charge >= 0.3 is 47.6 Å². The first-order chi connectivity index (χ1) is 25.0. The molecule has 0 aromatic heterocycles. The highest BCUT2D eigenvalue weighted by Crippen LogP contribution is 2.64. The number of carbonyl (C=O) groups is 1. The third kappa shape index (κ3) is 9.35. The summed E-state index contributed by atoms with van der Waals surface area (Å²) in [6, 6.07) is 4.03. The Balaban J connectivity index is 3.26. The van der Waals surface area contributed by atoms with E-state index in [2.05, 4.69) is 0 Å². The Morgan fingerprint density at radius 2 is 1.16 bits per heavy atom. The van der Waals surface area contributed by atoms with Crippen LogP contribution in [0.25, 0.3) is 0 Å². The van der Waals surface area contributed by atoms with Crippen molar-refractivity contribution in [3.05, 3.63) is 41.5 Å². The molecule has 0 aliphatic heterocycles. The molecule has 326 valence electrons. The molecule has 1 aromatic rings. The molecule has 0 aliphatic rings. The minimum absolute atomic E-state index is 0.0940.